The van der Waals surface area contributed by atoms with Gasteiger partial charge in [-0.15, -0.1) is 0 Å². The third-order valence-corrected chi connectivity index (χ3v) is 2.82. The van der Waals surface area contributed by atoms with Gasteiger partial charge in [0, 0.05) is 13.1 Å². The number of benzene rings is 2. The quantitative estimate of drug-likeness (QED) is 0.680. The summed E-state index contributed by atoms with van der Waals surface area (Å²) in [4.78, 5) is 10.6. The highest BCUT2D eigenvalue weighted by Gasteiger charge is 2.21. The SMILES string of the molecule is CNc1cccc(Oc2cc(F)ccc2C)c1[N+](=O)[O-]. The Morgan fingerprint density at radius 1 is 1.25 bits per heavy atom. The molecule has 0 atom stereocenters. The number of nitrogens with one attached hydrogen (secondary N) is 1. The highest BCUT2D eigenvalue weighted by Crippen LogP contribution is 2.38. The highest BCUT2D eigenvalue weighted by molar-refractivity contribution is 5.68. The third-order valence-electron chi connectivity index (χ3n) is 2.82. The molecule has 0 saturated heterocycles. The summed E-state index contributed by atoms with van der Waals surface area (Å²) in [5, 5.41) is 13.9. The predicted molar refractivity (Wildman–Crippen MR) is 73.9 cm³/mol. The van der Waals surface area contributed by atoms with Gasteiger partial charge in [0.2, 0.25) is 5.75 Å². The van der Waals surface area contributed by atoms with E-state index in [4.69, 9.17) is 4.74 Å². The molecule has 0 amide bonds. The lowest BCUT2D eigenvalue weighted by atomic mass is 10.2. The monoisotopic (exact) mass is 276 g/mol. The molecule has 0 fully saturated rings. The van der Waals surface area contributed by atoms with Gasteiger partial charge < -0.3 is 10.1 Å². The fraction of sp³-hybridized carbons (Fsp3) is 0.143. The molecule has 0 heterocycles. The number of anilines is 1. The normalized spacial score (nSPS) is 10.2. The van der Waals surface area contributed by atoms with Crippen LogP contribution in [0.15, 0.2) is 36.4 Å². The summed E-state index contributed by atoms with van der Waals surface area (Å²) < 4.78 is 18.7. The summed E-state index contributed by atoms with van der Waals surface area (Å²) in [5.74, 6) is -0.144. The number of para-hydroxylation sites is 1. The number of nitrogens with zero attached hydrogens (tertiary/aromatic N) is 1. The number of nitro benzene ring substituents is 1. The number of hydrogen-bond donors (Lipinski definition) is 1. The minimum absolute atomic E-state index is 0.0653. The van der Waals surface area contributed by atoms with Crippen molar-refractivity contribution in [3.05, 3.63) is 57.9 Å². The fourth-order valence-electron chi connectivity index (χ4n) is 1.80. The lowest BCUT2D eigenvalue weighted by Crippen LogP contribution is -1.99. The Balaban J connectivity index is 2.48. The second-order valence-corrected chi connectivity index (χ2v) is 4.17. The standard InChI is InChI=1S/C14H13FN2O3/c1-9-6-7-10(15)8-13(9)20-12-5-3-4-11(16-2)14(12)17(18)19/h3-8,16H,1-2H3. The van der Waals surface area contributed by atoms with Crippen molar-refractivity contribution in [2.45, 2.75) is 6.92 Å². The van der Waals surface area contributed by atoms with Gasteiger partial charge >= 0.3 is 5.69 Å². The Kier molecular flexibility index (Phi) is 3.84. The van der Waals surface area contributed by atoms with Crippen LogP contribution in [0.3, 0.4) is 0 Å². The van der Waals surface area contributed by atoms with Crippen LogP contribution in [0.1, 0.15) is 5.56 Å². The van der Waals surface area contributed by atoms with E-state index in [1.54, 1.807) is 32.2 Å². The molecule has 0 saturated carbocycles. The van der Waals surface area contributed by atoms with E-state index in [1.807, 2.05) is 0 Å². The first-order chi connectivity index (χ1) is 9.52. The molecule has 2 aromatic carbocycles. The van der Waals surface area contributed by atoms with Crippen molar-refractivity contribution >= 4 is 11.4 Å². The zero-order valence-electron chi connectivity index (χ0n) is 11.0. The van der Waals surface area contributed by atoms with Crippen LogP contribution in [0.25, 0.3) is 0 Å². The molecule has 1 N–H and O–H groups in total. The first-order valence-corrected chi connectivity index (χ1v) is 5.92. The van der Waals surface area contributed by atoms with E-state index >= 15 is 0 Å². The van der Waals surface area contributed by atoms with E-state index in [9.17, 15) is 14.5 Å². The molecular formula is C14H13FN2O3. The van der Waals surface area contributed by atoms with Gasteiger partial charge in [0.1, 0.15) is 17.3 Å². The lowest BCUT2D eigenvalue weighted by Gasteiger charge is -2.11. The van der Waals surface area contributed by atoms with Gasteiger partial charge in [0.05, 0.1) is 4.92 Å². The molecule has 6 heteroatoms. The van der Waals surface area contributed by atoms with Crippen LogP contribution in [-0.2, 0) is 0 Å². The summed E-state index contributed by atoms with van der Waals surface area (Å²) in [6, 6.07) is 8.74. The summed E-state index contributed by atoms with van der Waals surface area (Å²) in [7, 11) is 1.58. The van der Waals surface area contributed by atoms with Crippen molar-refractivity contribution in [2.75, 3.05) is 12.4 Å². The molecule has 104 valence electrons. The molecule has 2 rings (SSSR count). The molecule has 0 aliphatic heterocycles. The Labute approximate surface area is 115 Å². The maximum Gasteiger partial charge on any atom is 0.334 e. The minimum Gasteiger partial charge on any atom is -0.450 e. The largest absolute Gasteiger partial charge is 0.450 e. The highest BCUT2D eigenvalue weighted by atomic mass is 19.1. The van der Waals surface area contributed by atoms with Gasteiger partial charge in [0.25, 0.3) is 0 Å². The van der Waals surface area contributed by atoms with E-state index < -0.39 is 10.7 Å². The van der Waals surface area contributed by atoms with Crippen molar-refractivity contribution in [3.8, 4) is 11.5 Å². The van der Waals surface area contributed by atoms with Crippen LogP contribution in [0.5, 0.6) is 11.5 Å². The molecule has 0 spiro atoms. The molecule has 0 radical (unpaired) electrons. The molecule has 0 aliphatic carbocycles. The summed E-state index contributed by atoms with van der Waals surface area (Å²) in [5.41, 5.74) is 0.843. The Hall–Kier alpha value is -2.63. The molecule has 5 nitrogen and oxygen atoms in total. The van der Waals surface area contributed by atoms with Crippen molar-refractivity contribution in [3.63, 3.8) is 0 Å². The smallest absolute Gasteiger partial charge is 0.334 e. The van der Waals surface area contributed by atoms with Gasteiger partial charge in [-0.25, -0.2) is 4.39 Å². The first kappa shape index (κ1) is 13.8. The van der Waals surface area contributed by atoms with Crippen LogP contribution >= 0.6 is 0 Å². The van der Waals surface area contributed by atoms with Crippen molar-refractivity contribution < 1.29 is 14.1 Å². The van der Waals surface area contributed by atoms with Crippen molar-refractivity contribution in [1.29, 1.82) is 0 Å². The number of nitro groups is 1. The molecule has 2 aromatic rings. The number of halogens is 1. The minimum atomic E-state index is -0.532. The number of aryl methyl sites for hydroxylation is 1. The molecule has 0 aromatic heterocycles. The van der Waals surface area contributed by atoms with E-state index in [1.165, 1.54) is 18.2 Å². The predicted octanol–water partition coefficient (Wildman–Crippen LogP) is 3.88. The van der Waals surface area contributed by atoms with Crippen LogP contribution in [0.2, 0.25) is 0 Å². The third kappa shape index (κ3) is 2.69. The maximum absolute atomic E-state index is 13.2. The van der Waals surface area contributed by atoms with Gasteiger partial charge in [0.15, 0.2) is 0 Å². The van der Waals surface area contributed by atoms with Gasteiger partial charge in [-0.1, -0.05) is 12.1 Å². The van der Waals surface area contributed by atoms with E-state index in [0.717, 1.165) is 0 Å². The van der Waals surface area contributed by atoms with Crippen molar-refractivity contribution in [2.24, 2.45) is 0 Å². The van der Waals surface area contributed by atoms with E-state index in [0.29, 0.717) is 11.3 Å². The average Bonchev–Trinajstić information content (AvgIpc) is 2.42. The van der Waals surface area contributed by atoms with Gasteiger partial charge in [-0.3, -0.25) is 10.1 Å². The van der Waals surface area contributed by atoms with Crippen molar-refractivity contribution in [1.82, 2.24) is 0 Å². The summed E-state index contributed by atoms with van der Waals surface area (Å²) in [6.45, 7) is 1.74. The number of hydrogen-bond acceptors (Lipinski definition) is 4. The Bertz CT molecular complexity index is 659. The number of ether oxygens (including phenoxy) is 1. The first-order valence-electron chi connectivity index (χ1n) is 5.92. The van der Waals surface area contributed by atoms with Crippen LogP contribution in [0.4, 0.5) is 15.8 Å². The van der Waals surface area contributed by atoms with Crippen LogP contribution in [-0.4, -0.2) is 12.0 Å². The topological polar surface area (TPSA) is 64.4 Å². The summed E-state index contributed by atoms with van der Waals surface area (Å²) >= 11 is 0. The fourth-order valence-corrected chi connectivity index (χ4v) is 1.80. The molecule has 0 bridgehead atoms. The van der Waals surface area contributed by atoms with E-state index in [2.05, 4.69) is 5.32 Å². The molecular weight excluding hydrogens is 263 g/mol. The zero-order valence-corrected chi connectivity index (χ0v) is 11.0. The molecule has 20 heavy (non-hydrogen) atoms. The second-order valence-electron chi connectivity index (χ2n) is 4.17. The number of rotatable bonds is 4. The zero-order chi connectivity index (χ0) is 14.7. The maximum atomic E-state index is 13.2. The second kappa shape index (κ2) is 5.56. The van der Waals surface area contributed by atoms with Gasteiger partial charge in [-0.05, 0) is 30.7 Å². The summed E-state index contributed by atoms with van der Waals surface area (Å²) in [6.07, 6.45) is 0. The Morgan fingerprint density at radius 3 is 2.65 bits per heavy atom. The molecule has 0 unspecified atom stereocenters. The lowest BCUT2D eigenvalue weighted by molar-refractivity contribution is -0.384. The average molecular weight is 276 g/mol. The Morgan fingerprint density at radius 2 is 2.00 bits per heavy atom. The van der Waals surface area contributed by atoms with Gasteiger partial charge in [-0.2, -0.15) is 0 Å². The van der Waals surface area contributed by atoms with Crippen LogP contribution < -0.4 is 10.1 Å². The van der Waals surface area contributed by atoms with Crippen LogP contribution in [0, 0.1) is 22.9 Å². The molecule has 0 aliphatic rings. The van der Waals surface area contributed by atoms with E-state index in [-0.39, 0.29) is 17.2 Å².